The number of anilines is 1. The fraction of sp³-hybridized carbons (Fsp3) is 0.182. The number of carbonyl (C=O) groups excluding carboxylic acids is 1. The highest BCUT2D eigenvalue weighted by molar-refractivity contribution is 6.33. The highest BCUT2D eigenvalue weighted by Crippen LogP contribution is 2.21. The molecule has 0 aromatic heterocycles. The molecule has 15 heavy (non-hydrogen) atoms. The number of nitrogens with two attached hydrogens (primary N) is 1. The Morgan fingerprint density at radius 1 is 1.53 bits per heavy atom. The maximum atomic E-state index is 10.7. The summed E-state index contributed by atoms with van der Waals surface area (Å²) >= 11 is 5.81. The fourth-order valence-corrected chi connectivity index (χ4v) is 1.21. The molecule has 0 fully saturated rings. The first-order valence-electron chi connectivity index (χ1n) is 4.45. The zero-order valence-electron chi connectivity index (χ0n) is 8.66. The van der Waals surface area contributed by atoms with Gasteiger partial charge in [-0.05, 0) is 19.2 Å². The summed E-state index contributed by atoms with van der Waals surface area (Å²) < 4.78 is 0. The predicted molar refractivity (Wildman–Crippen MR) is 65.6 cm³/mol. The van der Waals surface area contributed by atoms with E-state index in [4.69, 9.17) is 11.6 Å². The summed E-state index contributed by atoms with van der Waals surface area (Å²) in [5.74, 6) is 0. The van der Waals surface area contributed by atoms with Gasteiger partial charge in [0.25, 0.3) is 0 Å². The Bertz CT molecular complexity index is 326. The predicted octanol–water partition coefficient (Wildman–Crippen LogP) is 2.33. The van der Waals surface area contributed by atoms with Crippen molar-refractivity contribution in [1.29, 1.82) is 0 Å². The van der Waals surface area contributed by atoms with Crippen molar-refractivity contribution in [2.24, 2.45) is 5.73 Å². The molecule has 0 unspecified atom stereocenters. The normalized spacial score (nSPS) is 8.47. The number of benzene rings is 1. The van der Waals surface area contributed by atoms with Crippen LogP contribution in [0.25, 0.3) is 0 Å². The van der Waals surface area contributed by atoms with Crippen LogP contribution in [0, 0.1) is 0 Å². The van der Waals surface area contributed by atoms with Gasteiger partial charge in [-0.25, -0.2) is 0 Å². The number of rotatable bonds is 4. The molecular weight excluding hydrogens is 212 g/mol. The Hall–Kier alpha value is -1.32. The topological polar surface area (TPSA) is 55.1 Å². The van der Waals surface area contributed by atoms with Crippen LogP contribution in [0.2, 0.25) is 5.02 Å². The molecule has 1 aromatic rings. The molecule has 0 heterocycles. The number of carbonyl (C=O) groups is 1. The Balaban J connectivity index is 0.000000921. The number of hydrogen-bond donors (Lipinski definition) is 2. The lowest BCUT2D eigenvalue weighted by Crippen LogP contribution is -2.01. The lowest BCUT2D eigenvalue weighted by atomic mass is 10.2. The van der Waals surface area contributed by atoms with Gasteiger partial charge in [0.2, 0.25) is 0 Å². The van der Waals surface area contributed by atoms with Crippen LogP contribution in [0.4, 0.5) is 5.69 Å². The molecule has 3 N–H and O–H groups in total. The summed E-state index contributed by atoms with van der Waals surface area (Å²) in [5, 5.41) is 3.48. The van der Waals surface area contributed by atoms with E-state index in [0.29, 0.717) is 17.1 Å². The Labute approximate surface area is 94.9 Å². The number of aldehydes is 1. The van der Waals surface area contributed by atoms with Crippen molar-refractivity contribution in [2.45, 2.75) is 0 Å². The molecule has 0 bridgehead atoms. The van der Waals surface area contributed by atoms with Crippen LogP contribution in [-0.2, 0) is 0 Å². The maximum Gasteiger partial charge on any atom is 0.153 e. The van der Waals surface area contributed by atoms with E-state index in [0.717, 1.165) is 12.0 Å². The second kappa shape index (κ2) is 8.03. The molecule has 0 saturated carbocycles. The zero-order chi connectivity index (χ0) is 11.7. The summed E-state index contributed by atoms with van der Waals surface area (Å²) in [6.07, 6.45) is 2.46. The molecule has 0 saturated heterocycles. The van der Waals surface area contributed by atoms with Gasteiger partial charge in [-0.15, -0.1) is 6.58 Å². The van der Waals surface area contributed by atoms with Gasteiger partial charge in [-0.1, -0.05) is 23.7 Å². The second-order valence-corrected chi connectivity index (χ2v) is 2.90. The molecule has 0 spiro atoms. The first kappa shape index (κ1) is 13.7. The summed E-state index contributed by atoms with van der Waals surface area (Å²) in [5.41, 5.74) is 5.73. The van der Waals surface area contributed by atoms with E-state index in [1.54, 1.807) is 24.3 Å². The molecule has 1 rings (SSSR count). The van der Waals surface area contributed by atoms with E-state index in [1.807, 2.05) is 0 Å². The van der Waals surface area contributed by atoms with E-state index in [9.17, 15) is 4.79 Å². The number of nitrogens with one attached hydrogen (secondary N) is 1. The van der Waals surface area contributed by atoms with E-state index >= 15 is 0 Å². The van der Waals surface area contributed by atoms with E-state index in [1.165, 1.54) is 7.05 Å². The second-order valence-electron chi connectivity index (χ2n) is 2.49. The number of hydrogen-bond acceptors (Lipinski definition) is 3. The molecule has 0 amide bonds. The third-order valence-corrected chi connectivity index (χ3v) is 1.94. The van der Waals surface area contributed by atoms with Gasteiger partial charge in [0.1, 0.15) is 0 Å². The quantitative estimate of drug-likeness (QED) is 0.612. The van der Waals surface area contributed by atoms with E-state index in [2.05, 4.69) is 17.6 Å². The molecule has 1 aromatic carbocycles. The van der Waals surface area contributed by atoms with E-state index < -0.39 is 0 Å². The molecule has 0 atom stereocenters. The van der Waals surface area contributed by atoms with Gasteiger partial charge >= 0.3 is 0 Å². The molecule has 0 aliphatic rings. The van der Waals surface area contributed by atoms with Crippen LogP contribution in [0.1, 0.15) is 10.4 Å². The third kappa shape index (κ3) is 4.14. The van der Waals surface area contributed by atoms with E-state index in [-0.39, 0.29) is 0 Å². The third-order valence-electron chi connectivity index (χ3n) is 1.61. The van der Waals surface area contributed by atoms with Gasteiger partial charge in [0, 0.05) is 12.2 Å². The van der Waals surface area contributed by atoms with Crippen LogP contribution in [0.5, 0.6) is 0 Å². The zero-order valence-corrected chi connectivity index (χ0v) is 9.42. The largest absolute Gasteiger partial charge is 0.381 e. The molecule has 0 radical (unpaired) electrons. The molecule has 4 heteroatoms. The van der Waals surface area contributed by atoms with Crippen LogP contribution >= 0.6 is 11.6 Å². The summed E-state index contributed by atoms with van der Waals surface area (Å²) in [7, 11) is 1.50. The van der Waals surface area contributed by atoms with Crippen molar-refractivity contribution >= 4 is 23.6 Å². The first-order valence-corrected chi connectivity index (χ1v) is 4.83. The van der Waals surface area contributed by atoms with Crippen LogP contribution in [-0.4, -0.2) is 19.9 Å². The van der Waals surface area contributed by atoms with Crippen molar-refractivity contribution in [2.75, 3.05) is 18.9 Å². The van der Waals surface area contributed by atoms with Crippen molar-refractivity contribution in [3.05, 3.63) is 41.4 Å². The Morgan fingerprint density at radius 3 is 2.73 bits per heavy atom. The van der Waals surface area contributed by atoms with Crippen LogP contribution in [0.15, 0.2) is 30.9 Å². The molecular formula is C11H15ClN2O. The van der Waals surface area contributed by atoms with Gasteiger partial charge in [0.15, 0.2) is 6.29 Å². The van der Waals surface area contributed by atoms with Crippen molar-refractivity contribution < 1.29 is 4.79 Å². The molecule has 0 aliphatic heterocycles. The van der Waals surface area contributed by atoms with Gasteiger partial charge < -0.3 is 11.1 Å². The highest BCUT2D eigenvalue weighted by Gasteiger charge is 2.03. The average molecular weight is 227 g/mol. The lowest BCUT2D eigenvalue weighted by Gasteiger charge is -2.06. The minimum absolute atomic E-state index is 0.462. The minimum Gasteiger partial charge on any atom is -0.381 e. The SMILES string of the molecule is C=CCNc1cccc(Cl)c1C=O.CN. The first-order chi connectivity index (χ1) is 7.29. The maximum absolute atomic E-state index is 10.7. The Kier molecular flexibility index (Phi) is 7.32. The summed E-state index contributed by atoms with van der Waals surface area (Å²) in [6, 6.07) is 5.28. The minimum atomic E-state index is 0.462. The summed E-state index contributed by atoms with van der Waals surface area (Å²) in [4.78, 5) is 10.7. The van der Waals surface area contributed by atoms with Gasteiger partial charge in [0.05, 0.1) is 10.6 Å². The van der Waals surface area contributed by atoms with Gasteiger partial charge in [-0.2, -0.15) is 0 Å². The molecule has 0 aliphatic carbocycles. The smallest absolute Gasteiger partial charge is 0.153 e. The average Bonchev–Trinajstić information content (AvgIpc) is 2.29. The van der Waals surface area contributed by atoms with Crippen molar-refractivity contribution in [1.82, 2.24) is 0 Å². The summed E-state index contributed by atoms with van der Waals surface area (Å²) in [6.45, 7) is 4.18. The van der Waals surface area contributed by atoms with Crippen LogP contribution < -0.4 is 11.1 Å². The van der Waals surface area contributed by atoms with Crippen LogP contribution in [0.3, 0.4) is 0 Å². The lowest BCUT2D eigenvalue weighted by molar-refractivity contribution is 0.112. The van der Waals surface area contributed by atoms with Gasteiger partial charge in [-0.3, -0.25) is 4.79 Å². The van der Waals surface area contributed by atoms with Crippen molar-refractivity contribution in [3.63, 3.8) is 0 Å². The standard InChI is InChI=1S/C10H10ClNO.CH5N/c1-2-6-12-10-5-3-4-9(11)8(10)7-13;1-2/h2-5,7,12H,1,6H2;2H2,1H3. The van der Waals surface area contributed by atoms with Crippen molar-refractivity contribution in [3.8, 4) is 0 Å². The molecule has 3 nitrogen and oxygen atoms in total. The highest BCUT2D eigenvalue weighted by atomic mass is 35.5. The number of halogens is 1. The Morgan fingerprint density at radius 2 is 2.20 bits per heavy atom. The monoisotopic (exact) mass is 226 g/mol. The fourth-order valence-electron chi connectivity index (χ4n) is 0.993. The molecule has 82 valence electrons.